The third-order valence-electron chi connectivity index (χ3n) is 6.83. The number of fused-ring (bicyclic) bond motifs is 1. The number of piperidine rings is 1. The van der Waals surface area contributed by atoms with Crippen LogP contribution in [0.15, 0.2) is 24.3 Å². The number of nitrogens with one attached hydrogen (secondary N) is 1. The fourth-order valence-electron chi connectivity index (χ4n) is 5.15. The molecule has 2 fully saturated rings. The average molecular weight is 341 g/mol. The highest BCUT2D eigenvalue weighted by Crippen LogP contribution is 2.41. The Balaban J connectivity index is 1.35. The van der Waals surface area contributed by atoms with Gasteiger partial charge in [0.1, 0.15) is 0 Å². The number of amides is 1. The molecule has 0 unspecified atom stereocenters. The Hall–Kier alpha value is -1.35. The Bertz CT molecular complexity index is 596. The maximum absolute atomic E-state index is 12.8. The monoisotopic (exact) mass is 340 g/mol. The number of benzene rings is 1. The number of hydrogen-bond acceptors (Lipinski definition) is 2. The first kappa shape index (κ1) is 17.1. The standard InChI is InChI=1S/C22H32N2O/c25-21-22(16-19-10-6-7-11-20(19)23-21)12-14-24(15-13-22)17-18-8-4-2-1-3-5-9-18/h6-7,10-11,18H,1-5,8-9,12-17H2,(H,23,25). The predicted octanol–water partition coefficient (Wildman–Crippen LogP) is 4.62. The molecule has 1 amide bonds. The zero-order valence-corrected chi connectivity index (χ0v) is 15.4. The second-order valence-corrected chi connectivity index (χ2v) is 8.58. The number of nitrogens with zero attached hydrogens (tertiary/aromatic N) is 1. The number of hydrogen-bond donors (Lipinski definition) is 1. The van der Waals surface area contributed by atoms with Crippen LogP contribution in [0.1, 0.15) is 63.4 Å². The van der Waals surface area contributed by atoms with Gasteiger partial charge in [0.15, 0.2) is 0 Å². The number of anilines is 1. The predicted molar refractivity (Wildman–Crippen MR) is 103 cm³/mol. The number of rotatable bonds is 2. The molecule has 0 aromatic heterocycles. The molecule has 2 heterocycles. The van der Waals surface area contributed by atoms with Crippen LogP contribution in [0.25, 0.3) is 0 Å². The van der Waals surface area contributed by atoms with Gasteiger partial charge in [0.25, 0.3) is 0 Å². The van der Waals surface area contributed by atoms with Gasteiger partial charge >= 0.3 is 0 Å². The van der Waals surface area contributed by atoms with Crippen LogP contribution in [0.5, 0.6) is 0 Å². The Morgan fingerprint density at radius 2 is 1.68 bits per heavy atom. The fourth-order valence-corrected chi connectivity index (χ4v) is 5.15. The molecule has 1 aliphatic carbocycles. The van der Waals surface area contributed by atoms with Crippen molar-refractivity contribution in [1.82, 2.24) is 4.90 Å². The summed E-state index contributed by atoms with van der Waals surface area (Å²) in [5.41, 5.74) is 2.18. The lowest BCUT2D eigenvalue weighted by molar-refractivity contribution is -0.129. The molecule has 1 N–H and O–H groups in total. The van der Waals surface area contributed by atoms with Crippen LogP contribution in [0.3, 0.4) is 0 Å². The van der Waals surface area contributed by atoms with Gasteiger partial charge in [-0.3, -0.25) is 4.79 Å². The van der Waals surface area contributed by atoms with E-state index in [0.717, 1.165) is 44.0 Å². The highest BCUT2D eigenvalue weighted by molar-refractivity contribution is 5.98. The van der Waals surface area contributed by atoms with E-state index in [9.17, 15) is 4.79 Å². The van der Waals surface area contributed by atoms with Gasteiger partial charge in [-0.05, 0) is 62.7 Å². The molecule has 1 aromatic rings. The molecule has 2 aliphatic heterocycles. The number of likely N-dealkylation sites (tertiary alicyclic amines) is 1. The van der Waals surface area contributed by atoms with Crippen molar-refractivity contribution in [3.63, 3.8) is 0 Å². The first-order chi connectivity index (χ1) is 12.3. The van der Waals surface area contributed by atoms with Crippen LogP contribution in [-0.2, 0) is 11.2 Å². The highest BCUT2D eigenvalue weighted by Gasteiger charge is 2.44. The molecular weight excluding hydrogens is 308 g/mol. The zero-order valence-electron chi connectivity index (χ0n) is 15.4. The van der Waals surface area contributed by atoms with Crippen LogP contribution >= 0.6 is 0 Å². The molecule has 0 bridgehead atoms. The van der Waals surface area contributed by atoms with Gasteiger partial charge in [-0.1, -0.05) is 50.3 Å². The van der Waals surface area contributed by atoms with Gasteiger partial charge in [0.2, 0.25) is 5.91 Å². The van der Waals surface area contributed by atoms with Crippen LogP contribution in [-0.4, -0.2) is 30.4 Å². The van der Waals surface area contributed by atoms with Gasteiger partial charge in [-0.2, -0.15) is 0 Å². The first-order valence-corrected chi connectivity index (χ1v) is 10.4. The molecule has 1 saturated heterocycles. The van der Waals surface area contributed by atoms with Crippen molar-refractivity contribution in [3.8, 4) is 0 Å². The molecule has 136 valence electrons. The van der Waals surface area contributed by atoms with Gasteiger partial charge in [-0.15, -0.1) is 0 Å². The number of carbonyl (C=O) groups excluding carboxylic acids is 1. The highest BCUT2D eigenvalue weighted by atomic mass is 16.2. The summed E-state index contributed by atoms with van der Waals surface area (Å²) in [4.78, 5) is 15.4. The fraction of sp³-hybridized carbons (Fsp3) is 0.682. The number of para-hydroxylation sites is 1. The van der Waals surface area contributed by atoms with Gasteiger partial charge in [0, 0.05) is 12.2 Å². The van der Waals surface area contributed by atoms with Crippen LogP contribution in [0, 0.1) is 11.3 Å². The maximum atomic E-state index is 12.8. The smallest absolute Gasteiger partial charge is 0.231 e. The molecular formula is C22H32N2O. The molecule has 4 rings (SSSR count). The average Bonchev–Trinajstić information content (AvgIpc) is 2.60. The summed E-state index contributed by atoms with van der Waals surface area (Å²) in [6.45, 7) is 3.44. The molecule has 25 heavy (non-hydrogen) atoms. The third-order valence-corrected chi connectivity index (χ3v) is 6.83. The lowest BCUT2D eigenvalue weighted by Crippen LogP contribution is -2.50. The molecule has 0 radical (unpaired) electrons. The van der Waals surface area contributed by atoms with Gasteiger partial charge < -0.3 is 10.2 Å². The van der Waals surface area contributed by atoms with E-state index < -0.39 is 0 Å². The summed E-state index contributed by atoms with van der Waals surface area (Å²) in [7, 11) is 0. The molecule has 3 heteroatoms. The zero-order chi connectivity index (χ0) is 17.1. The maximum Gasteiger partial charge on any atom is 0.231 e. The Kier molecular flexibility index (Phi) is 5.12. The summed E-state index contributed by atoms with van der Waals surface area (Å²) in [6, 6.07) is 8.31. The van der Waals surface area contributed by atoms with Crippen molar-refractivity contribution in [2.45, 2.75) is 64.2 Å². The van der Waals surface area contributed by atoms with E-state index in [2.05, 4.69) is 22.3 Å². The van der Waals surface area contributed by atoms with Crippen LogP contribution in [0.4, 0.5) is 5.69 Å². The van der Waals surface area contributed by atoms with E-state index in [1.165, 1.54) is 57.1 Å². The van der Waals surface area contributed by atoms with E-state index >= 15 is 0 Å². The minimum Gasteiger partial charge on any atom is -0.325 e. The molecule has 3 nitrogen and oxygen atoms in total. The lowest BCUT2D eigenvalue weighted by atomic mass is 9.70. The molecule has 1 spiro atoms. The van der Waals surface area contributed by atoms with E-state index in [-0.39, 0.29) is 11.3 Å². The Morgan fingerprint density at radius 1 is 1.00 bits per heavy atom. The van der Waals surface area contributed by atoms with E-state index in [4.69, 9.17) is 0 Å². The molecule has 3 aliphatic rings. The largest absolute Gasteiger partial charge is 0.325 e. The lowest BCUT2D eigenvalue weighted by Gasteiger charge is -2.44. The summed E-state index contributed by atoms with van der Waals surface area (Å²) >= 11 is 0. The summed E-state index contributed by atoms with van der Waals surface area (Å²) in [6.07, 6.45) is 12.9. The molecule has 0 atom stereocenters. The van der Waals surface area contributed by atoms with Crippen LogP contribution in [0.2, 0.25) is 0 Å². The Labute approximate surface area is 152 Å². The van der Waals surface area contributed by atoms with Crippen LogP contribution < -0.4 is 5.32 Å². The second kappa shape index (κ2) is 7.49. The quantitative estimate of drug-likeness (QED) is 0.852. The third kappa shape index (κ3) is 3.76. The second-order valence-electron chi connectivity index (χ2n) is 8.58. The molecule has 1 aromatic carbocycles. The summed E-state index contributed by atoms with van der Waals surface area (Å²) < 4.78 is 0. The van der Waals surface area contributed by atoms with E-state index in [1.54, 1.807) is 0 Å². The van der Waals surface area contributed by atoms with E-state index in [1.807, 2.05) is 12.1 Å². The SMILES string of the molecule is O=C1Nc2ccccc2CC12CCN(CC1CCCCCCC1)CC2. The Morgan fingerprint density at radius 3 is 2.44 bits per heavy atom. The van der Waals surface area contributed by atoms with Gasteiger partial charge in [-0.25, -0.2) is 0 Å². The summed E-state index contributed by atoms with van der Waals surface area (Å²) in [5.74, 6) is 1.15. The number of carbonyl (C=O) groups is 1. The van der Waals surface area contributed by atoms with Crippen molar-refractivity contribution in [1.29, 1.82) is 0 Å². The minimum absolute atomic E-state index is 0.161. The van der Waals surface area contributed by atoms with Crippen molar-refractivity contribution in [2.75, 3.05) is 25.0 Å². The van der Waals surface area contributed by atoms with Crippen molar-refractivity contribution in [3.05, 3.63) is 29.8 Å². The first-order valence-electron chi connectivity index (χ1n) is 10.4. The minimum atomic E-state index is -0.161. The van der Waals surface area contributed by atoms with E-state index in [0.29, 0.717) is 0 Å². The topological polar surface area (TPSA) is 32.3 Å². The van der Waals surface area contributed by atoms with Crippen molar-refractivity contribution >= 4 is 11.6 Å². The van der Waals surface area contributed by atoms with Gasteiger partial charge in [0.05, 0.1) is 5.41 Å². The summed E-state index contributed by atoms with van der Waals surface area (Å²) in [5, 5.41) is 3.17. The molecule has 1 saturated carbocycles. The van der Waals surface area contributed by atoms with Crippen molar-refractivity contribution < 1.29 is 4.79 Å². The normalized spacial score (nSPS) is 25.0. The van der Waals surface area contributed by atoms with Crippen molar-refractivity contribution in [2.24, 2.45) is 11.3 Å².